The third kappa shape index (κ3) is 3.18. The van der Waals surface area contributed by atoms with Crippen molar-refractivity contribution in [3.05, 3.63) is 42.4 Å². The van der Waals surface area contributed by atoms with E-state index in [9.17, 15) is 4.79 Å². The zero-order chi connectivity index (χ0) is 17.2. The summed E-state index contributed by atoms with van der Waals surface area (Å²) in [6, 6.07) is 7.89. The van der Waals surface area contributed by atoms with Crippen molar-refractivity contribution in [2.24, 2.45) is 0 Å². The first-order chi connectivity index (χ1) is 12.2. The van der Waals surface area contributed by atoms with E-state index < -0.39 is 0 Å². The van der Waals surface area contributed by atoms with Gasteiger partial charge in [0.15, 0.2) is 5.69 Å². The van der Waals surface area contributed by atoms with E-state index in [-0.39, 0.29) is 11.9 Å². The topological polar surface area (TPSA) is 109 Å². The molecule has 0 radical (unpaired) electrons. The monoisotopic (exact) mass is 336 g/mol. The molecule has 2 aromatic heterocycles. The van der Waals surface area contributed by atoms with Crippen LogP contribution in [0.4, 0.5) is 5.69 Å². The third-order valence-corrected chi connectivity index (χ3v) is 4.55. The molecule has 0 spiro atoms. The third-order valence-electron chi connectivity index (χ3n) is 4.55. The highest BCUT2D eigenvalue weighted by Crippen LogP contribution is 2.26. The van der Waals surface area contributed by atoms with Crippen LogP contribution < -0.4 is 16.4 Å². The summed E-state index contributed by atoms with van der Waals surface area (Å²) in [6.07, 6.45) is 5.24. The van der Waals surface area contributed by atoms with Crippen molar-refractivity contribution in [3.63, 3.8) is 0 Å². The van der Waals surface area contributed by atoms with Crippen molar-refractivity contribution in [1.82, 2.24) is 25.8 Å². The maximum Gasteiger partial charge on any atom is 0.272 e. The molecule has 4 rings (SSSR count). The Morgan fingerprint density at radius 1 is 1.16 bits per heavy atom. The van der Waals surface area contributed by atoms with Gasteiger partial charge < -0.3 is 16.4 Å². The van der Waals surface area contributed by atoms with Gasteiger partial charge in [-0.25, -0.2) is 0 Å². The number of rotatable bonds is 3. The average Bonchev–Trinajstić information content (AvgIpc) is 3.06. The van der Waals surface area contributed by atoms with E-state index in [0.717, 1.165) is 48.0 Å². The van der Waals surface area contributed by atoms with Crippen LogP contribution in [0.3, 0.4) is 0 Å². The Labute approximate surface area is 145 Å². The number of aromatic nitrogens is 3. The lowest BCUT2D eigenvalue weighted by Crippen LogP contribution is -2.42. The van der Waals surface area contributed by atoms with Gasteiger partial charge in [0.1, 0.15) is 0 Å². The Balaban J connectivity index is 1.65. The summed E-state index contributed by atoms with van der Waals surface area (Å²) in [6.45, 7) is 1.86. The molecule has 3 heterocycles. The molecule has 3 aromatic rings. The summed E-state index contributed by atoms with van der Waals surface area (Å²) < 4.78 is 0. The van der Waals surface area contributed by atoms with Crippen LogP contribution in [0.2, 0.25) is 0 Å². The van der Waals surface area contributed by atoms with Gasteiger partial charge in [-0.2, -0.15) is 5.10 Å². The van der Waals surface area contributed by atoms with E-state index in [0.29, 0.717) is 11.4 Å². The summed E-state index contributed by atoms with van der Waals surface area (Å²) in [5.41, 5.74) is 9.54. The molecule has 1 fully saturated rings. The molecule has 0 atom stereocenters. The van der Waals surface area contributed by atoms with Crippen LogP contribution in [-0.4, -0.2) is 40.2 Å². The summed E-state index contributed by atoms with van der Waals surface area (Å²) in [7, 11) is 0. The van der Waals surface area contributed by atoms with E-state index in [1.807, 2.05) is 24.3 Å². The number of hydrogen-bond acceptors (Lipinski definition) is 5. The second-order valence-electron chi connectivity index (χ2n) is 6.34. The second kappa shape index (κ2) is 6.52. The quantitative estimate of drug-likeness (QED) is 0.582. The van der Waals surface area contributed by atoms with Crippen molar-refractivity contribution in [3.8, 4) is 11.1 Å². The van der Waals surface area contributed by atoms with Crippen LogP contribution in [0.5, 0.6) is 0 Å². The zero-order valence-corrected chi connectivity index (χ0v) is 13.7. The first-order valence-electron chi connectivity index (χ1n) is 8.41. The van der Waals surface area contributed by atoms with Gasteiger partial charge in [0.25, 0.3) is 5.91 Å². The number of fused-ring (bicyclic) bond motifs is 1. The highest BCUT2D eigenvalue weighted by Gasteiger charge is 2.20. The first-order valence-corrected chi connectivity index (χ1v) is 8.41. The summed E-state index contributed by atoms with van der Waals surface area (Å²) >= 11 is 0. The van der Waals surface area contributed by atoms with Crippen LogP contribution >= 0.6 is 0 Å². The van der Waals surface area contributed by atoms with Crippen molar-refractivity contribution in [1.29, 1.82) is 0 Å². The predicted molar refractivity (Wildman–Crippen MR) is 97.1 cm³/mol. The van der Waals surface area contributed by atoms with Gasteiger partial charge >= 0.3 is 0 Å². The number of aromatic amines is 1. The first kappa shape index (κ1) is 15.6. The molecular weight excluding hydrogens is 316 g/mol. The minimum atomic E-state index is -0.138. The van der Waals surface area contributed by atoms with E-state index in [4.69, 9.17) is 5.73 Å². The van der Waals surface area contributed by atoms with E-state index in [1.54, 1.807) is 12.4 Å². The van der Waals surface area contributed by atoms with Crippen molar-refractivity contribution in [2.45, 2.75) is 18.9 Å². The lowest BCUT2D eigenvalue weighted by molar-refractivity contribution is 0.0926. The van der Waals surface area contributed by atoms with Gasteiger partial charge in [0, 0.05) is 29.4 Å². The maximum absolute atomic E-state index is 12.6. The number of anilines is 1. The maximum atomic E-state index is 12.6. The zero-order valence-electron chi connectivity index (χ0n) is 13.7. The fourth-order valence-electron chi connectivity index (χ4n) is 3.20. The lowest BCUT2D eigenvalue weighted by Gasteiger charge is -2.23. The van der Waals surface area contributed by atoms with Gasteiger partial charge in [0.2, 0.25) is 0 Å². The fourth-order valence-corrected chi connectivity index (χ4v) is 3.20. The number of pyridine rings is 1. The van der Waals surface area contributed by atoms with E-state index in [2.05, 4.69) is 25.8 Å². The molecule has 128 valence electrons. The minimum absolute atomic E-state index is 0.138. The van der Waals surface area contributed by atoms with Crippen LogP contribution in [-0.2, 0) is 0 Å². The van der Waals surface area contributed by atoms with Crippen molar-refractivity contribution >= 4 is 22.5 Å². The molecule has 1 aromatic carbocycles. The minimum Gasteiger partial charge on any atom is -0.397 e. The van der Waals surface area contributed by atoms with E-state index >= 15 is 0 Å². The van der Waals surface area contributed by atoms with Gasteiger partial charge in [-0.15, -0.1) is 0 Å². The largest absolute Gasteiger partial charge is 0.397 e. The molecule has 7 heteroatoms. The van der Waals surface area contributed by atoms with Crippen LogP contribution in [0.25, 0.3) is 22.0 Å². The highest BCUT2D eigenvalue weighted by molar-refractivity contribution is 6.05. The van der Waals surface area contributed by atoms with Crippen LogP contribution in [0.1, 0.15) is 23.3 Å². The molecule has 0 aliphatic carbocycles. The van der Waals surface area contributed by atoms with E-state index in [1.165, 1.54) is 0 Å². The molecule has 1 aliphatic rings. The number of carbonyl (C=O) groups excluding carboxylic acids is 1. The molecule has 7 nitrogen and oxygen atoms in total. The lowest BCUT2D eigenvalue weighted by atomic mass is 10.0. The summed E-state index contributed by atoms with van der Waals surface area (Å²) in [4.78, 5) is 16.8. The number of nitrogen functional groups attached to an aromatic ring is 1. The Kier molecular flexibility index (Phi) is 4.07. The normalized spacial score (nSPS) is 15.4. The molecule has 0 saturated carbocycles. The molecule has 1 saturated heterocycles. The van der Waals surface area contributed by atoms with Crippen LogP contribution in [0.15, 0.2) is 36.7 Å². The number of nitrogens with one attached hydrogen (secondary N) is 3. The van der Waals surface area contributed by atoms with Gasteiger partial charge in [-0.1, -0.05) is 6.07 Å². The Morgan fingerprint density at radius 3 is 2.80 bits per heavy atom. The highest BCUT2D eigenvalue weighted by atomic mass is 16.2. The number of amides is 1. The van der Waals surface area contributed by atoms with Gasteiger partial charge in [-0.3, -0.25) is 14.9 Å². The van der Waals surface area contributed by atoms with Crippen molar-refractivity contribution < 1.29 is 4.79 Å². The number of nitrogens with two attached hydrogens (primary N) is 1. The molecule has 5 N–H and O–H groups in total. The Bertz CT molecular complexity index is 913. The number of nitrogens with zero attached hydrogens (tertiary/aromatic N) is 2. The summed E-state index contributed by atoms with van der Waals surface area (Å²) in [5.74, 6) is -0.138. The smallest absolute Gasteiger partial charge is 0.272 e. The Morgan fingerprint density at radius 2 is 2.00 bits per heavy atom. The van der Waals surface area contributed by atoms with Gasteiger partial charge in [0.05, 0.1) is 11.2 Å². The SMILES string of the molecule is Nc1cncc(-c2ccc3[nH]nc(C(=O)NC4CCNCC4)c3c2)c1. The van der Waals surface area contributed by atoms with Gasteiger partial charge in [-0.05, 0) is 49.7 Å². The summed E-state index contributed by atoms with van der Waals surface area (Å²) in [5, 5.41) is 14.3. The van der Waals surface area contributed by atoms with Crippen LogP contribution in [0, 0.1) is 0 Å². The number of H-pyrrole nitrogens is 1. The standard InChI is InChI=1S/C18H20N6O/c19-13-7-12(9-21-10-13)11-1-2-16-15(8-11)17(24-23-16)18(25)22-14-3-5-20-6-4-14/h1-2,7-10,14,20H,3-6,19H2,(H,22,25)(H,23,24). The average molecular weight is 336 g/mol. The molecule has 0 bridgehead atoms. The molecule has 25 heavy (non-hydrogen) atoms. The van der Waals surface area contributed by atoms with Crippen molar-refractivity contribution in [2.75, 3.05) is 18.8 Å². The number of hydrogen-bond donors (Lipinski definition) is 4. The molecular formula is C18H20N6O. The number of carbonyl (C=O) groups is 1. The molecule has 1 amide bonds. The fraction of sp³-hybridized carbons (Fsp3) is 0.278. The Hall–Kier alpha value is -2.93. The number of piperidine rings is 1. The molecule has 1 aliphatic heterocycles. The number of benzene rings is 1. The molecule has 0 unspecified atom stereocenters. The predicted octanol–water partition coefficient (Wildman–Crippen LogP) is 1.69. The second-order valence-corrected chi connectivity index (χ2v) is 6.34.